The monoisotopic (exact) mass is 325 g/mol. The fraction of sp³-hybridized carbons (Fsp3) is 0.579. The van der Waals surface area contributed by atoms with Crippen LogP contribution in [0, 0.1) is 17.8 Å². The van der Waals surface area contributed by atoms with Gasteiger partial charge in [-0.25, -0.2) is 9.79 Å². The van der Waals surface area contributed by atoms with Gasteiger partial charge < -0.3 is 15.0 Å². The summed E-state index contributed by atoms with van der Waals surface area (Å²) in [7, 11) is 1.57. The Labute approximate surface area is 142 Å². The predicted octanol–water partition coefficient (Wildman–Crippen LogP) is 3.46. The van der Waals surface area contributed by atoms with Crippen LogP contribution in [0.2, 0.25) is 0 Å². The molecule has 2 atom stereocenters. The van der Waals surface area contributed by atoms with Crippen LogP contribution in [-0.4, -0.2) is 29.9 Å². The zero-order chi connectivity index (χ0) is 16.3. The molecule has 6 rings (SSSR count). The maximum Gasteiger partial charge on any atom is 0.412 e. The van der Waals surface area contributed by atoms with Crippen molar-refractivity contribution in [3.05, 3.63) is 23.8 Å². The molecule has 2 saturated heterocycles. The summed E-state index contributed by atoms with van der Waals surface area (Å²) in [6, 6.07) is 6.46. The largest absolute Gasteiger partial charge is 0.412 e. The summed E-state index contributed by atoms with van der Waals surface area (Å²) >= 11 is 0. The van der Waals surface area contributed by atoms with Gasteiger partial charge in [0.2, 0.25) is 0 Å². The lowest BCUT2D eigenvalue weighted by atomic mass is 9.68. The van der Waals surface area contributed by atoms with E-state index >= 15 is 0 Å². The van der Waals surface area contributed by atoms with Crippen molar-refractivity contribution in [2.45, 2.75) is 44.7 Å². The first kappa shape index (κ1) is 14.3. The third-order valence-corrected chi connectivity index (χ3v) is 6.25. The van der Waals surface area contributed by atoms with Gasteiger partial charge in [-0.15, -0.1) is 0 Å². The van der Waals surface area contributed by atoms with E-state index < -0.39 is 6.09 Å². The number of fused-ring (bicyclic) bond motifs is 1. The number of amides is 1. The Morgan fingerprint density at radius 2 is 2.00 bits per heavy atom. The minimum Gasteiger partial charge on any atom is -0.410 e. The fourth-order valence-electron chi connectivity index (χ4n) is 5.39. The van der Waals surface area contributed by atoms with Crippen LogP contribution in [0.15, 0.2) is 23.2 Å². The highest BCUT2D eigenvalue weighted by molar-refractivity contribution is 5.90. The maximum absolute atomic E-state index is 11.4. The Balaban J connectivity index is 1.50. The number of benzene rings is 1. The molecule has 0 unspecified atom stereocenters. The van der Waals surface area contributed by atoms with Crippen LogP contribution in [0.25, 0.3) is 0 Å². The lowest BCUT2D eigenvalue weighted by Gasteiger charge is -2.39. The van der Waals surface area contributed by atoms with Gasteiger partial charge in [-0.2, -0.15) is 0 Å². The van der Waals surface area contributed by atoms with Crippen molar-refractivity contribution < 1.29 is 9.53 Å². The van der Waals surface area contributed by atoms with Gasteiger partial charge in [0.15, 0.2) is 0 Å². The molecule has 2 aliphatic carbocycles. The molecule has 3 aliphatic heterocycles. The van der Waals surface area contributed by atoms with Crippen LogP contribution in [0.5, 0.6) is 5.75 Å². The third kappa shape index (κ3) is 2.21. The van der Waals surface area contributed by atoms with Crippen LogP contribution >= 0.6 is 0 Å². The summed E-state index contributed by atoms with van der Waals surface area (Å²) in [5.41, 5.74) is 2.22. The summed E-state index contributed by atoms with van der Waals surface area (Å²) in [5, 5.41) is 2.49. The number of hydrogen-bond acceptors (Lipinski definition) is 4. The van der Waals surface area contributed by atoms with Gasteiger partial charge in [0, 0.05) is 31.1 Å². The molecule has 0 radical (unpaired) electrons. The predicted molar refractivity (Wildman–Crippen MR) is 91.5 cm³/mol. The Morgan fingerprint density at radius 3 is 2.75 bits per heavy atom. The van der Waals surface area contributed by atoms with Crippen molar-refractivity contribution >= 4 is 17.6 Å². The van der Waals surface area contributed by atoms with Gasteiger partial charge >= 0.3 is 6.09 Å². The third-order valence-electron chi connectivity index (χ3n) is 6.25. The van der Waals surface area contributed by atoms with E-state index in [4.69, 9.17) is 9.73 Å². The molecule has 0 aromatic heterocycles. The Bertz CT molecular complexity index is 715. The molecule has 24 heavy (non-hydrogen) atoms. The molecule has 5 nitrogen and oxygen atoms in total. The van der Waals surface area contributed by atoms with Gasteiger partial charge in [0.1, 0.15) is 11.6 Å². The lowest BCUT2D eigenvalue weighted by molar-refractivity contribution is 0.128. The molecule has 1 aromatic rings. The summed E-state index contributed by atoms with van der Waals surface area (Å²) in [5.74, 6) is 4.37. The summed E-state index contributed by atoms with van der Waals surface area (Å²) < 4.78 is 5.28. The molecule has 1 aromatic carbocycles. The van der Waals surface area contributed by atoms with Crippen LogP contribution in [-0.2, 0) is 6.54 Å². The molecular formula is C19H23N3O2. The molecule has 4 bridgehead atoms. The molecule has 1 N–H and O–H groups in total. The van der Waals surface area contributed by atoms with Gasteiger partial charge in [0.25, 0.3) is 0 Å². The first-order valence-corrected chi connectivity index (χ1v) is 9.07. The second kappa shape index (κ2) is 5.23. The smallest absolute Gasteiger partial charge is 0.410 e. The fourth-order valence-corrected chi connectivity index (χ4v) is 5.39. The van der Waals surface area contributed by atoms with E-state index in [-0.39, 0.29) is 0 Å². The molecule has 1 amide bonds. The standard InChI is InChI=1S/C19H23N3O2/c1-20-19(23)24-16-2-3-17-14(9-16)10-22-15-7-11-4-12(8-15)6-13(5-11)18(22)21-17/h2-3,9,11-13,15H,4-8,10H2,1H3,(H,20,23)/t11-,12-,13?,15?/m0/s1. The van der Waals surface area contributed by atoms with E-state index in [9.17, 15) is 4.79 Å². The first-order chi connectivity index (χ1) is 11.7. The topological polar surface area (TPSA) is 53.9 Å². The SMILES string of the molecule is CNC(=O)Oc1ccc2c(c1)CN1C(=N2)C2C[C@H]3CC1C[C@H](C2)C3. The van der Waals surface area contributed by atoms with Crippen LogP contribution in [0.3, 0.4) is 0 Å². The number of rotatable bonds is 1. The minimum absolute atomic E-state index is 0.430. The van der Waals surface area contributed by atoms with E-state index in [0.717, 1.165) is 24.1 Å². The van der Waals surface area contributed by atoms with E-state index in [1.54, 1.807) is 7.05 Å². The highest BCUT2D eigenvalue weighted by atomic mass is 16.5. The second-order valence-corrected chi connectivity index (χ2v) is 7.79. The van der Waals surface area contributed by atoms with E-state index in [0.29, 0.717) is 17.7 Å². The number of carbonyl (C=O) groups excluding carboxylic acids is 1. The zero-order valence-electron chi connectivity index (χ0n) is 14.0. The first-order valence-electron chi connectivity index (χ1n) is 9.07. The molecule has 4 fully saturated rings. The Morgan fingerprint density at radius 1 is 1.21 bits per heavy atom. The van der Waals surface area contributed by atoms with Crippen molar-refractivity contribution in [2.75, 3.05) is 7.05 Å². The molecular weight excluding hydrogens is 302 g/mol. The average Bonchev–Trinajstić information content (AvgIpc) is 2.74. The number of ether oxygens (including phenoxy) is 1. The number of hydrogen-bond donors (Lipinski definition) is 1. The summed E-state index contributed by atoms with van der Waals surface area (Å²) in [6.07, 6.45) is 6.32. The van der Waals surface area contributed by atoms with Crippen LogP contribution in [0.1, 0.15) is 37.7 Å². The van der Waals surface area contributed by atoms with E-state index in [1.807, 2.05) is 18.2 Å². The van der Waals surface area contributed by atoms with Gasteiger partial charge in [-0.3, -0.25) is 0 Å². The lowest BCUT2D eigenvalue weighted by Crippen LogP contribution is -2.41. The average molecular weight is 325 g/mol. The van der Waals surface area contributed by atoms with Crippen LogP contribution < -0.4 is 10.1 Å². The van der Waals surface area contributed by atoms with Crippen molar-refractivity contribution in [3.8, 4) is 5.75 Å². The quantitative estimate of drug-likeness (QED) is 0.860. The van der Waals surface area contributed by atoms with E-state index in [1.165, 1.54) is 43.5 Å². The zero-order valence-corrected chi connectivity index (χ0v) is 14.0. The number of carbonyl (C=O) groups is 1. The van der Waals surface area contributed by atoms with Crippen molar-refractivity contribution in [1.29, 1.82) is 0 Å². The second-order valence-electron chi connectivity index (χ2n) is 7.79. The number of nitrogens with one attached hydrogen (secondary N) is 1. The number of nitrogens with zero attached hydrogens (tertiary/aromatic N) is 2. The van der Waals surface area contributed by atoms with Gasteiger partial charge in [-0.05, 0) is 62.1 Å². The molecule has 5 aliphatic rings. The molecule has 0 spiro atoms. The van der Waals surface area contributed by atoms with Crippen molar-refractivity contribution in [3.63, 3.8) is 0 Å². The molecule has 126 valence electrons. The summed E-state index contributed by atoms with van der Waals surface area (Å²) in [6.45, 7) is 0.902. The van der Waals surface area contributed by atoms with Crippen molar-refractivity contribution in [1.82, 2.24) is 10.2 Å². The molecule has 5 heteroatoms. The van der Waals surface area contributed by atoms with E-state index in [2.05, 4.69) is 10.2 Å². The minimum atomic E-state index is -0.430. The maximum atomic E-state index is 11.4. The molecule has 3 heterocycles. The highest BCUT2D eigenvalue weighted by Gasteiger charge is 2.46. The summed E-state index contributed by atoms with van der Waals surface area (Å²) in [4.78, 5) is 19.1. The molecule has 2 saturated carbocycles. The Hall–Kier alpha value is -2.04. The van der Waals surface area contributed by atoms with Gasteiger partial charge in [0.05, 0.1) is 5.69 Å². The van der Waals surface area contributed by atoms with Gasteiger partial charge in [-0.1, -0.05) is 0 Å². The van der Waals surface area contributed by atoms with Crippen LogP contribution in [0.4, 0.5) is 10.5 Å². The van der Waals surface area contributed by atoms with Crippen molar-refractivity contribution in [2.24, 2.45) is 22.7 Å². The highest BCUT2D eigenvalue weighted by Crippen LogP contribution is 2.50. The normalized spacial score (nSPS) is 32.5. The number of amidine groups is 1. The number of aliphatic imine (C=N–C) groups is 1. The Kier molecular flexibility index (Phi) is 3.12.